The number of carbonyl (C=O) groups excluding carboxylic acids is 1. The van der Waals surface area contributed by atoms with E-state index < -0.39 is 0 Å². The number of aromatic nitrogens is 2. The van der Waals surface area contributed by atoms with Gasteiger partial charge in [-0.2, -0.15) is 0 Å². The Labute approximate surface area is 135 Å². The van der Waals surface area contributed by atoms with Gasteiger partial charge < -0.3 is 14.2 Å². The van der Waals surface area contributed by atoms with Crippen LogP contribution >= 0.6 is 0 Å². The number of pyridine rings is 1. The van der Waals surface area contributed by atoms with Gasteiger partial charge in [0.05, 0.1) is 12.2 Å². The topological polar surface area (TPSA) is 68.5 Å². The normalized spacial score (nSPS) is 17.5. The largest absolute Gasteiger partial charge is 0.472 e. The van der Waals surface area contributed by atoms with E-state index in [1.54, 1.807) is 6.20 Å². The van der Waals surface area contributed by atoms with Gasteiger partial charge in [0.15, 0.2) is 0 Å². The second kappa shape index (κ2) is 6.81. The number of hydrogen-bond donors (Lipinski definition) is 0. The Morgan fingerprint density at radius 1 is 1.43 bits per heavy atom. The van der Waals surface area contributed by atoms with Gasteiger partial charge >= 0.3 is 0 Å². The first kappa shape index (κ1) is 15.5. The third-order valence-electron chi connectivity index (χ3n) is 4.19. The first-order chi connectivity index (χ1) is 11.1. The summed E-state index contributed by atoms with van der Waals surface area (Å²) in [6.45, 7) is 5.14. The van der Waals surface area contributed by atoms with Gasteiger partial charge in [0.1, 0.15) is 11.9 Å². The zero-order valence-corrected chi connectivity index (χ0v) is 13.5. The molecule has 1 amide bonds. The molecular formula is C17H21N3O3. The van der Waals surface area contributed by atoms with E-state index in [9.17, 15) is 4.79 Å². The van der Waals surface area contributed by atoms with Crippen LogP contribution in [0.15, 0.2) is 28.9 Å². The van der Waals surface area contributed by atoms with E-state index in [2.05, 4.69) is 10.1 Å². The predicted octanol–water partition coefficient (Wildman–Crippen LogP) is 2.30. The molecule has 23 heavy (non-hydrogen) atoms. The lowest BCUT2D eigenvalue weighted by Gasteiger charge is -2.17. The molecule has 1 atom stereocenters. The third-order valence-corrected chi connectivity index (χ3v) is 4.19. The Hall–Kier alpha value is -2.37. The van der Waals surface area contributed by atoms with Crippen LogP contribution in [-0.4, -0.2) is 40.1 Å². The van der Waals surface area contributed by atoms with Crippen LogP contribution in [0.3, 0.4) is 0 Å². The smallest absolute Gasteiger partial charge is 0.223 e. The molecular weight excluding hydrogens is 294 g/mol. The number of carbonyl (C=O) groups is 1. The van der Waals surface area contributed by atoms with Crippen molar-refractivity contribution in [3.8, 4) is 5.88 Å². The Balaban J connectivity index is 1.49. The van der Waals surface area contributed by atoms with Crippen LogP contribution in [0.25, 0.3) is 0 Å². The van der Waals surface area contributed by atoms with Gasteiger partial charge in [-0.05, 0) is 26.3 Å². The molecule has 0 radical (unpaired) electrons. The van der Waals surface area contributed by atoms with Crippen LogP contribution in [0.4, 0.5) is 0 Å². The maximum atomic E-state index is 12.4. The Morgan fingerprint density at radius 2 is 2.30 bits per heavy atom. The average Bonchev–Trinajstić information content (AvgIpc) is 3.14. The number of rotatable bonds is 5. The van der Waals surface area contributed by atoms with Crippen LogP contribution in [0.1, 0.15) is 29.9 Å². The van der Waals surface area contributed by atoms with Gasteiger partial charge in [-0.15, -0.1) is 0 Å². The Bertz CT molecular complexity index is 649. The number of amides is 1. The van der Waals surface area contributed by atoms with Crippen molar-refractivity contribution < 1.29 is 14.1 Å². The minimum absolute atomic E-state index is 0.0212. The summed E-state index contributed by atoms with van der Waals surface area (Å²) in [7, 11) is 0. The molecule has 1 fully saturated rings. The maximum Gasteiger partial charge on any atom is 0.223 e. The molecule has 0 spiro atoms. The number of aryl methyl sites for hydroxylation is 2. The van der Waals surface area contributed by atoms with Crippen LogP contribution in [0.5, 0.6) is 5.88 Å². The number of nitrogens with zero attached hydrogens (tertiary/aromatic N) is 3. The second-order valence-electron chi connectivity index (χ2n) is 5.84. The molecule has 6 heteroatoms. The fraction of sp³-hybridized carbons (Fsp3) is 0.471. The third kappa shape index (κ3) is 3.70. The molecule has 1 saturated heterocycles. The van der Waals surface area contributed by atoms with E-state index >= 15 is 0 Å². The van der Waals surface area contributed by atoms with Crippen molar-refractivity contribution in [2.24, 2.45) is 0 Å². The fourth-order valence-corrected chi connectivity index (χ4v) is 2.89. The van der Waals surface area contributed by atoms with Crippen molar-refractivity contribution >= 4 is 5.91 Å². The highest BCUT2D eigenvalue weighted by atomic mass is 16.5. The van der Waals surface area contributed by atoms with Crippen molar-refractivity contribution in [2.75, 3.05) is 13.1 Å². The van der Waals surface area contributed by atoms with Crippen molar-refractivity contribution in [1.82, 2.24) is 15.0 Å². The quantitative estimate of drug-likeness (QED) is 0.847. The van der Waals surface area contributed by atoms with Gasteiger partial charge in [-0.25, -0.2) is 4.98 Å². The van der Waals surface area contributed by atoms with Crippen molar-refractivity contribution in [3.05, 3.63) is 41.4 Å². The molecule has 0 bridgehead atoms. The summed E-state index contributed by atoms with van der Waals surface area (Å²) in [5, 5.41) is 3.92. The van der Waals surface area contributed by atoms with Crippen LogP contribution in [0, 0.1) is 13.8 Å². The number of ether oxygens (including phenoxy) is 1. The zero-order chi connectivity index (χ0) is 16.2. The summed E-state index contributed by atoms with van der Waals surface area (Å²) in [5.74, 6) is 1.56. The molecule has 0 aromatic carbocycles. The first-order valence-corrected chi connectivity index (χ1v) is 7.90. The van der Waals surface area contributed by atoms with Gasteiger partial charge in [0, 0.05) is 37.2 Å². The summed E-state index contributed by atoms with van der Waals surface area (Å²) in [4.78, 5) is 18.4. The minimum Gasteiger partial charge on any atom is -0.472 e. The van der Waals surface area contributed by atoms with Gasteiger partial charge in [0.2, 0.25) is 11.8 Å². The molecule has 2 aromatic rings. The first-order valence-electron chi connectivity index (χ1n) is 7.90. The average molecular weight is 315 g/mol. The molecule has 0 saturated carbocycles. The predicted molar refractivity (Wildman–Crippen MR) is 84.1 cm³/mol. The van der Waals surface area contributed by atoms with Crippen molar-refractivity contribution in [2.45, 2.75) is 39.2 Å². The SMILES string of the molecule is Cc1noc(C)c1CCC(=O)N1CCC(Oc2ccccn2)C1. The lowest BCUT2D eigenvalue weighted by molar-refractivity contribution is -0.130. The summed E-state index contributed by atoms with van der Waals surface area (Å²) >= 11 is 0. The molecule has 122 valence electrons. The van der Waals surface area contributed by atoms with Crippen LogP contribution in [-0.2, 0) is 11.2 Å². The van der Waals surface area contributed by atoms with E-state index in [0.717, 1.165) is 30.0 Å². The number of hydrogen-bond acceptors (Lipinski definition) is 5. The van der Waals surface area contributed by atoms with Gasteiger partial charge in [0.25, 0.3) is 0 Å². The van der Waals surface area contributed by atoms with E-state index in [4.69, 9.17) is 9.26 Å². The standard InChI is InChI=1S/C17H21N3O3/c1-12-15(13(2)23-19-12)6-7-17(21)20-10-8-14(11-20)22-16-5-3-4-9-18-16/h3-5,9,14H,6-8,10-11H2,1-2H3. The highest BCUT2D eigenvalue weighted by Crippen LogP contribution is 2.19. The Morgan fingerprint density at radius 3 is 3.00 bits per heavy atom. The molecule has 3 rings (SSSR count). The van der Waals surface area contributed by atoms with Gasteiger partial charge in [-0.1, -0.05) is 11.2 Å². The monoisotopic (exact) mass is 315 g/mol. The van der Waals surface area contributed by atoms with Crippen molar-refractivity contribution in [3.63, 3.8) is 0 Å². The molecule has 6 nitrogen and oxygen atoms in total. The lowest BCUT2D eigenvalue weighted by atomic mass is 10.1. The van der Waals surface area contributed by atoms with E-state index in [-0.39, 0.29) is 12.0 Å². The zero-order valence-electron chi connectivity index (χ0n) is 13.5. The van der Waals surface area contributed by atoms with Crippen molar-refractivity contribution in [1.29, 1.82) is 0 Å². The number of likely N-dealkylation sites (tertiary alicyclic amines) is 1. The van der Waals surface area contributed by atoms with E-state index in [1.165, 1.54) is 0 Å². The molecule has 0 N–H and O–H groups in total. The molecule has 0 aliphatic carbocycles. The molecule has 2 aromatic heterocycles. The summed E-state index contributed by atoms with van der Waals surface area (Å²) in [6.07, 6.45) is 3.71. The summed E-state index contributed by atoms with van der Waals surface area (Å²) < 4.78 is 10.9. The summed E-state index contributed by atoms with van der Waals surface area (Å²) in [5.41, 5.74) is 1.91. The Kier molecular flexibility index (Phi) is 4.60. The fourth-order valence-electron chi connectivity index (χ4n) is 2.89. The molecule has 3 heterocycles. The van der Waals surface area contributed by atoms with E-state index in [0.29, 0.717) is 25.3 Å². The highest BCUT2D eigenvalue weighted by molar-refractivity contribution is 5.76. The minimum atomic E-state index is 0.0212. The van der Waals surface area contributed by atoms with Crippen LogP contribution in [0.2, 0.25) is 0 Å². The lowest BCUT2D eigenvalue weighted by Crippen LogP contribution is -2.31. The van der Waals surface area contributed by atoms with Crippen LogP contribution < -0.4 is 4.74 Å². The molecule has 1 aliphatic heterocycles. The maximum absolute atomic E-state index is 12.4. The molecule has 1 unspecified atom stereocenters. The second-order valence-corrected chi connectivity index (χ2v) is 5.84. The summed E-state index contributed by atoms with van der Waals surface area (Å²) in [6, 6.07) is 5.58. The molecule has 1 aliphatic rings. The van der Waals surface area contributed by atoms with E-state index in [1.807, 2.05) is 36.9 Å². The highest BCUT2D eigenvalue weighted by Gasteiger charge is 2.27. The van der Waals surface area contributed by atoms with Gasteiger partial charge in [-0.3, -0.25) is 4.79 Å².